The third-order valence-corrected chi connectivity index (χ3v) is 6.19. The van der Waals surface area contributed by atoms with Crippen molar-refractivity contribution in [1.29, 1.82) is 0 Å². The van der Waals surface area contributed by atoms with Gasteiger partial charge in [0.2, 0.25) is 5.91 Å². The Balaban J connectivity index is 1.48. The van der Waals surface area contributed by atoms with Gasteiger partial charge in [-0.3, -0.25) is 4.79 Å². The van der Waals surface area contributed by atoms with Gasteiger partial charge in [0, 0.05) is 19.0 Å². The molecule has 0 N–H and O–H groups in total. The van der Waals surface area contributed by atoms with Gasteiger partial charge in [0.25, 0.3) is 0 Å². The Kier molecular flexibility index (Phi) is 7.58. The van der Waals surface area contributed by atoms with Crippen LogP contribution in [-0.4, -0.2) is 38.2 Å². The van der Waals surface area contributed by atoms with Crippen LogP contribution in [0.1, 0.15) is 29.5 Å². The highest BCUT2D eigenvalue weighted by atomic mass is 16.5. The van der Waals surface area contributed by atoms with E-state index < -0.39 is 0 Å². The van der Waals surface area contributed by atoms with Gasteiger partial charge in [-0.15, -0.1) is 0 Å². The first-order chi connectivity index (χ1) is 16.6. The molecule has 1 fully saturated rings. The van der Waals surface area contributed by atoms with E-state index in [1.165, 1.54) is 0 Å². The summed E-state index contributed by atoms with van der Waals surface area (Å²) in [6.45, 7) is 0.980. The molecule has 0 radical (unpaired) electrons. The molecule has 0 unspecified atom stereocenters. The Morgan fingerprint density at radius 3 is 2.12 bits per heavy atom. The molecule has 178 valence electrons. The number of benzene rings is 3. The van der Waals surface area contributed by atoms with Crippen LogP contribution >= 0.6 is 0 Å². The van der Waals surface area contributed by atoms with Crippen molar-refractivity contribution in [2.45, 2.75) is 38.5 Å². The molecule has 6 nitrogen and oxygen atoms in total. The molecule has 0 saturated carbocycles. The summed E-state index contributed by atoms with van der Waals surface area (Å²) in [7, 11) is 4.89. The fourth-order valence-corrected chi connectivity index (χ4v) is 4.37. The van der Waals surface area contributed by atoms with Crippen molar-refractivity contribution in [2.75, 3.05) is 21.3 Å². The van der Waals surface area contributed by atoms with Crippen molar-refractivity contribution in [3.8, 4) is 23.0 Å². The summed E-state index contributed by atoms with van der Waals surface area (Å²) in [5.74, 6) is 2.92. The predicted octanol–water partition coefficient (Wildman–Crippen LogP) is 5.03. The highest BCUT2D eigenvalue weighted by Crippen LogP contribution is 2.33. The molecule has 0 bridgehead atoms. The van der Waals surface area contributed by atoms with Gasteiger partial charge in [0.05, 0.1) is 21.3 Å². The molecule has 3 aromatic rings. The number of carbonyl (C=O) groups excluding carboxylic acids is 1. The van der Waals surface area contributed by atoms with Crippen molar-refractivity contribution < 1.29 is 23.7 Å². The van der Waals surface area contributed by atoms with Crippen molar-refractivity contribution >= 4 is 5.91 Å². The number of hydrogen-bond acceptors (Lipinski definition) is 5. The Hall–Kier alpha value is -3.67. The van der Waals surface area contributed by atoms with E-state index in [2.05, 4.69) is 0 Å². The summed E-state index contributed by atoms with van der Waals surface area (Å²) in [6.07, 6.45) is 2.16. The van der Waals surface area contributed by atoms with Crippen LogP contribution in [0.15, 0.2) is 66.7 Å². The van der Waals surface area contributed by atoms with Crippen LogP contribution in [0.3, 0.4) is 0 Å². The maximum absolute atomic E-state index is 12.7. The lowest BCUT2D eigenvalue weighted by Crippen LogP contribution is -2.33. The molecule has 0 aliphatic carbocycles. The molecule has 6 heteroatoms. The van der Waals surface area contributed by atoms with Crippen molar-refractivity contribution in [3.05, 3.63) is 83.4 Å². The average Bonchev–Trinajstić information content (AvgIpc) is 3.21. The molecule has 4 rings (SSSR count). The van der Waals surface area contributed by atoms with Gasteiger partial charge in [-0.2, -0.15) is 0 Å². The molecule has 3 aromatic carbocycles. The summed E-state index contributed by atoms with van der Waals surface area (Å²) in [4.78, 5) is 14.7. The zero-order valence-electron chi connectivity index (χ0n) is 20.0. The number of hydrogen-bond donors (Lipinski definition) is 0. The second-order valence-corrected chi connectivity index (χ2v) is 8.37. The van der Waals surface area contributed by atoms with Gasteiger partial charge < -0.3 is 23.8 Å². The molecule has 0 spiro atoms. The van der Waals surface area contributed by atoms with Crippen LogP contribution < -0.4 is 18.9 Å². The third-order valence-electron chi connectivity index (χ3n) is 6.19. The monoisotopic (exact) mass is 461 g/mol. The fraction of sp³-hybridized carbons (Fsp3) is 0.321. The molecule has 1 aliphatic heterocycles. The van der Waals surface area contributed by atoms with Gasteiger partial charge in [0.1, 0.15) is 6.61 Å². The van der Waals surface area contributed by atoms with Crippen LogP contribution in [0.5, 0.6) is 23.0 Å². The average molecular weight is 462 g/mol. The predicted molar refractivity (Wildman–Crippen MR) is 131 cm³/mol. The summed E-state index contributed by atoms with van der Waals surface area (Å²) in [5.41, 5.74) is 3.21. The van der Waals surface area contributed by atoms with E-state index in [0.29, 0.717) is 42.6 Å². The lowest BCUT2D eigenvalue weighted by Gasteiger charge is -2.26. The Morgan fingerprint density at radius 2 is 1.41 bits per heavy atom. The molecule has 1 amide bonds. The smallest absolute Gasteiger partial charge is 0.223 e. The third kappa shape index (κ3) is 5.45. The fourth-order valence-electron chi connectivity index (χ4n) is 4.37. The van der Waals surface area contributed by atoms with E-state index in [9.17, 15) is 4.79 Å². The normalized spacial score (nSPS) is 15.3. The largest absolute Gasteiger partial charge is 0.493 e. The summed E-state index contributed by atoms with van der Waals surface area (Å²) < 4.78 is 22.3. The van der Waals surface area contributed by atoms with E-state index in [1.807, 2.05) is 71.6 Å². The Bertz CT molecular complexity index is 1120. The Labute approximate surface area is 201 Å². The van der Waals surface area contributed by atoms with Crippen LogP contribution in [0, 0.1) is 0 Å². The molecule has 1 atom stereocenters. The topological polar surface area (TPSA) is 57.2 Å². The lowest BCUT2D eigenvalue weighted by atomic mass is 10.0. The highest BCUT2D eigenvalue weighted by molar-refractivity contribution is 5.78. The first-order valence-corrected chi connectivity index (χ1v) is 11.4. The zero-order valence-corrected chi connectivity index (χ0v) is 20.0. The first kappa shape index (κ1) is 23.5. The number of rotatable bonds is 10. The number of carbonyl (C=O) groups is 1. The summed E-state index contributed by atoms with van der Waals surface area (Å²) >= 11 is 0. The van der Waals surface area contributed by atoms with Gasteiger partial charge in [-0.1, -0.05) is 42.5 Å². The quantitative estimate of drug-likeness (QED) is 0.424. The second-order valence-electron chi connectivity index (χ2n) is 8.37. The van der Waals surface area contributed by atoms with E-state index >= 15 is 0 Å². The number of nitrogens with zero attached hydrogens (tertiary/aromatic N) is 1. The van der Waals surface area contributed by atoms with Crippen LogP contribution in [0.25, 0.3) is 0 Å². The molecule has 1 heterocycles. The van der Waals surface area contributed by atoms with Gasteiger partial charge >= 0.3 is 0 Å². The summed E-state index contributed by atoms with van der Waals surface area (Å²) in [6, 6.07) is 21.9. The number of ether oxygens (including phenoxy) is 4. The molecule has 1 saturated heterocycles. The first-order valence-electron chi connectivity index (χ1n) is 11.4. The molecule has 0 aromatic heterocycles. The lowest BCUT2D eigenvalue weighted by molar-refractivity contribution is -0.129. The van der Waals surface area contributed by atoms with Crippen LogP contribution in [0.4, 0.5) is 0 Å². The minimum atomic E-state index is 0.126. The minimum absolute atomic E-state index is 0.126. The number of methoxy groups -OCH3 is 3. The van der Waals surface area contributed by atoms with Crippen molar-refractivity contribution in [1.82, 2.24) is 4.90 Å². The standard InChI is InChI=1S/C28H31NO5/c1-31-24-12-9-21(16-26(24)33-3)15-23-11-14-28(30)29(23)18-22-10-13-25(32-2)27(17-22)34-19-20-7-5-4-6-8-20/h4-10,12-13,16-17,23H,11,14-15,18-19H2,1-3H3/t23-/m0/s1. The van der Waals surface area contributed by atoms with Crippen LogP contribution in [-0.2, 0) is 24.4 Å². The minimum Gasteiger partial charge on any atom is -0.493 e. The van der Waals surface area contributed by atoms with E-state index in [4.69, 9.17) is 18.9 Å². The second kappa shape index (κ2) is 11.0. The van der Waals surface area contributed by atoms with E-state index in [1.54, 1.807) is 21.3 Å². The van der Waals surface area contributed by atoms with E-state index in [-0.39, 0.29) is 11.9 Å². The number of likely N-dealkylation sites (tertiary alicyclic amines) is 1. The summed E-state index contributed by atoms with van der Waals surface area (Å²) in [5, 5.41) is 0. The van der Waals surface area contributed by atoms with Crippen molar-refractivity contribution in [3.63, 3.8) is 0 Å². The van der Waals surface area contributed by atoms with Gasteiger partial charge in [0.15, 0.2) is 23.0 Å². The zero-order chi connectivity index (χ0) is 23.9. The molecular weight excluding hydrogens is 430 g/mol. The van der Waals surface area contributed by atoms with Crippen LogP contribution in [0.2, 0.25) is 0 Å². The number of amides is 1. The Morgan fingerprint density at radius 1 is 0.765 bits per heavy atom. The van der Waals surface area contributed by atoms with Gasteiger partial charge in [-0.25, -0.2) is 0 Å². The van der Waals surface area contributed by atoms with Crippen molar-refractivity contribution in [2.24, 2.45) is 0 Å². The maximum Gasteiger partial charge on any atom is 0.223 e. The highest BCUT2D eigenvalue weighted by Gasteiger charge is 2.31. The molecular formula is C28H31NO5. The SMILES string of the molecule is COc1ccc(C[C@@H]2CCC(=O)N2Cc2ccc(OC)c(OCc3ccccc3)c2)cc1OC. The maximum atomic E-state index is 12.7. The van der Waals surface area contributed by atoms with E-state index in [0.717, 1.165) is 29.5 Å². The molecule has 34 heavy (non-hydrogen) atoms. The molecule has 1 aliphatic rings. The van der Waals surface area contributed by atoms with Gasteiger partial charge in [-0.05, 0) is 53.8 Å².